The molecule has 0 aliphatic carbocycles. The van der Waals surface area contributed by atoms with E-state index in [4.69, 9.17) is 0 Å². The number of nitrogens with one attached hydrogen (secondary N) is 1. The fourth-order valence-electron chi connectivity index (χ4n) is 1.50. The number of hydrogen-bond donors (Lipinski definition) is 1. The molecule has 1 N–H and O–H groups in total. The maximum absolute atomic E-state index is 11.6. The van der Waals surface area contributed by atoms with E-state index in [1.54, 1.807) is 5.51 Å². The molecule has 3 nitrogen and oxygen atoms in total. The molecule has 0 bridgehead atoms. The highest BCUT2D eigenvalue weighted by atomic mass is 32.1. The summed E-state index contributed by atoms with van der Waals surface area (Å²) in [6.07, 6.45) is 1.30. The smallest absolute Gasteiger partial charge is 0.220 e. The highest BCUT2D eigenvalue weighted by Gasteiger charge is 2.02. The predicted octanol–water partition coefficient (Wildman–Crippen LogP) is 2.39. The number of hydrogen-bond acceptors (Lipinski definition) is 3. The van der Waals surface area contributed by atoms with Crippen LogP contribution >= 0.6 is 11.3 Å². The molecule has 88 valence electrons. The second-order valence-electron chi connectivity index (χ2n) is 3.74. The lowest BCUT2D eigenvalue weighted by atomic mass is 10.1. The second kappa shape index (κ2) is 6.15. The van der Waals surface area contributed by atoms with Gasteiger partial charge in [0.25, 0.3) is 0 Å². The molecule has 0 saturated carbocycles. The van der Waals surface area contributed by atoms with Crippen molar-refractivity contribution in [3.63, 3.8) is 0 Å². The van der Waals surface area contributed by atoms with Crippen LogP contribution in [0.3, 0.4) is 0 Å². The highest BCUT2D eigenvalue weighted by Crippen LogP contribution is 2.03. The molecule has 1 heterocycles. The zero-order valence-electron chi connectivity index (χ0n) is 9.43. The van der Waals surface area contributed by atoms with E-state index in [2.05, 4.69) is 10.3 Å². The maximum Gasteiger partial charge on any atom is 0.220 e. The van der Waals surface area contributed by atoms with Gasteiger partial charge in [0, 0.05) is 11.8 Å². The van der Waals surface area contributed by atoms with Gasteiger partial charge in [-0.25, -0.2) is 4.98 Å². The average Bonchev–Trinajstić information content (AvgIpc) is 2.88. The summed E-state index contributed by atoms with van der Waals surface area (Å²) >= 11 is 1.54. The van der Waals surface area contributed by atoms with Gasteiger partial charge in [-0.1, -0.05) is 30.3 Å². The zero-order chi connectivity index (χ0) is 11.9. The van der Waals surface area contributed by atoms with Crippen LogP contribution in [0.25, 0.3) is 0 Å². The molecule has 1 amide bonds. The fourth-order valence-corrected chi connectivity index (χ4v) is 2.06. The van der Waals surface area contributed by atoms with Crippen molar-refractivity contribution in [2.75, 3.05) is 0 Å². The number of amides is 1. The predicted molar refractivity (Wildman–Crippen MR) is 68.7 cm³/mol. The minimum absolute atomic E-state index is 0.0712. The topological polar surface area (TPSA) is 42.0 Å². The van der Waals surface area contributed by atoms with E-state index in [0.29, 0.717) is 13.0 Å². The first-order chi connectivity index (χ1) is 8.34. The van der Waals surface area contributed by atoms with Gasteiger partial charge in [-0.15, -0.1) is 11.3 Å². The first-order valence-electron chi connectivity index (χ1n) is 5.52. The van der Waals surface area contributed by atoms with Crippen LogP contribution in [-0.4, -0.2) is 10.9 Å². The van der Waals surface area contributed by atoms with E-state index >= 15 is 0 Å². The molecule has 1 aromatic heterocycles. The number of nitrogens with zero attached hydrogens (tertiary/aromatic N) is 1. The lowest BCUT2D eigenvalue weighted by Gasteiger charge is -2.03. The molecule has 0 aliphatic rings. The molecule has 0 fully saturated rings. The number of rotatable bonds is 5. The van der Waals surface area contributed by atoms with Crippen LogP contribution in [0.15, 0.2) is 41.2 Å². The van der Waals surface area contributed by atoms with E-state index < -0.39 is 0 Å². The first kappa shape index (κ1) is 11.8. The third-order valence-electron chi connectivity index (χ3n) is 2.43. The maximum atomic E-state index is 11.6. The van der Waals surface area contributed by atoms with Crippen molar-refractivity contribution in [2.24, 2.45) is 0 Å². The minimum Gasteiger partial charge on any atom is -0.350 e. The standard InChI is InChI=1S/C13H14N2OS/c16-13(14-8-12-9-17-10-15-12)7-6-11-4-2-1-3-5-11/h1-5,9-10H,6-8H2,(H,14,16). The third kappa shape index (κ3) is 4.00. The summed E-state index contributed by atoms with van der Waals surface area (Å²) in [5.74, 6) is 0.0712. The zero-order valence-corrected chi connectivity index (χ0v) is 10.2. The van der Waals surface area contributed by atoms with E-state index in [1.807, 2.05) is 35.7 Å². The van der Waals surface area contributed by atoms with Crippen molar-refractivity contribution in [1.82, 2.24) is 10.3 Å². The molecule has 2 aromatic rings. The summed E-state index contributed by atoms with van der Waals surface area (Å²) in [4.78, 5) is 15.7. The van der Waals surface area contributed by atoms with E-state index in [9.17, 15) is 4.79 Å². The van der Waals surface area contributed by atoms with E-state index in [1.165, 1.54) is 16.9 Å². The van der Waals surface area contributed by atoms with Gasteiger partial charge in [0.15, 0.2) is 0 Å². The van der Waals surface area contributed by atoms with Gasteiger partial charge in [-0.05, 0) is 12.0 Å². The third-order valence-corrected chi connectivity index (χ3v) is 3.07. The van der Waals surface area contributed by atoms with Gasteiger partial charge in [0.1, 0.15) is 0 Å². The normalized spacial score (nSPS) is 10.1. The van der Waals surface area contributed by atoms with E-state index in [0.717, 1.165) is 12.1 Å². The van der Waals surface area contributed by atoms with Crippen LogP contribution in [0.2, 0.25) is 0 Å². The number of carbonyl (C=O) groups is 1. The van der Waals surface area contributed by atoms with Gasteiger partial charge in [-0.3, -0.25) is 4.79 Å². The number of benzene rings is 1. The van der Waals surface area contributed by atoms with E-state index in [-0.39, 0.29) is 5.91 Å². The Labute approximate surface area is 105 Å². The number of carbonyl (C=O) groups excluding carboxylic acids is 1. The van der Waals surface area contributed by atoms with Crippen molar-refractivity contribution < 1.29 is 4.79 Å². The monoisotopic (exact) mass is 246 g/mol. The number of thiazole rings is 1. The largest absolute Gasteiger partial charge is 0.350 e. The Morgan fingerprint density at radius 3 is 2.82 bits per heavy atom. The molecule has 1 aromatic carbocycles. The molecule has 17 heavy (non-hydrogen) atoms. The SMILES string of the molecule is O=C(CCc1ccccc1)NCc1cscn1. The molecule has 0 unspecified atom stereocenters. The average molecular weight is 246 g/mol. The number of aromatic nitrogens is 1. The Bertz CT molecular complexity index is 454. The van der Waals surface area contributed by atoms with Crippen LogP contribution in [0, 0.1) is 0 Å². The van der Waals surface area contributed by atoms with Crippen molar-refractivity contribution in [2.45, 2.75) is 19.4 Å². The van der Waals surface area contributed by atoms with Gasteiger partial charge in [0.05, 0.1) is 17.7 Å². The lowest BCUT2D eigenvalue weighted by Crippen LogP contribution is -2.23. The quantitative estimate of drug-likeness (QED) is 0.880. The van der Waals surface area contributed by atoms with Crippen LogP contribution < -0.4 is 5.32 Å². The molecule has 0 atom stereocenters. The Kier molecular flexibility index (Phi) is 4.27. The van der Waals surface area contributed by atoms with Crippen molar-refractivity contribution in [1.29, 1.82) is 0 Å². The second-order valence-corrected chi connectivity index (χ2v) is 4.46. The van der Waals surface area contributed by atoms with Crippen LogP contribution in [0.4, 0.5) is 0 Å². The highest BCUT2D eigenvalue weighted by molar-refractivity contribution is 7.07. The molecule has 0 spiro atoms. The van der Waals surface area contributed by atoms with Crippen LogP contribution in [-0.2, 0) is 17.8 Å². The fraction of sp³-hybridized carbons (Fsp3) is 0.231. The molecule has 0 aliphatic heterocycles. The first-order valence-corrected chi connectivity index (χ1v) is 6.46. The Hall–Kier alpha value is -1.68. The Morgan fingerprint density at radius 2 is 2.12 bits per heavy atom. The van der Waals surface area contributed by atoms with Gasteiger partial charge in [-0.2, -0.15) is 0 Å². The number of aryl methyl sites for hydroxylation is 1. The van der Waals surface area contributed by atoms with Crippen LogP contribution in [0.5, 0.6) is 0 Å². The minimum atomic E-state index is 0.0712. The summed E-state index contributed by atoms with van der Waals surface area (Å²) < 4.78 is 0. The van der Waals surface area contributed by atoms with Crippen molar-refractivity contribution in [3.8, 4) is 0 Å². The summed E-state index contributed by atoms with van der Waals surface area (Å²) in [5.41, 5.74) is 3.88. The summed E-state index contributed by atoms with van der Waals surface area (Å²) in [6.45, 7) is 0.525. The van der Waals surface area contributed by atoms with Gasteiger partial charge >= 0.3 is 0 Å². The summed E-state index contributed by atoms with van der Waals surface area (Å²) in [6, 6.07) is 10.0. The Balaban J connectivity index is 1.71. The summed E-state index contributed by atoms with van der Waals surface area (Å²) in [5, 5.41) is 4.80. The summed E-state index contributed by atoms with van der Waals surface area (Å²) in [7, 11) is 0. The molecule has 4 heteroatoms. The Morgan fingerprint density at radius 1 is 1.29 bits per heavy atom. The molecular weight excluding hydrogens is 232 g/mol. The molecule has 0 saturated heterocycles. The molecule has 0 radical (unpaired) electrons. The lowest BCUT2D eigenvalue weighted by molar-refractivity contribution is -0.121. The van der Waals surface area contributed by atoms with Crippen LogP contribution in [0.1, 0.15) is 17.7 Å². The van der Waals surface area contributed by atoms with Crippen molar-refractivity contribution in [3.05, 3.63) is 52.5 Å². The van der Waals surface area contributed by atoms with Gasteiger partial charge < -0.3 is 5.32 Å². The molecule has 2 rings (SSSR count). The molecular formula is C13H14N2OS. The van der Waals surface area contributed by atoms with Gasteiger partial charge in [0.2, 0.25) is 5.91 Å². The van der Waals surface area contributed by atoms with Crippen molar-refractivity contribution >= 4 is 17.2 Å².